The molecule has 0 bridgehead atoms. The van der Waals surface area contributed by atoms with Crippen LogP contribution in [-0.2, 0) is 19.1 Å². The molecule has 6 heteroatoms. The van der Waals surface area contributed by atoms with Gasteiger partial charge in [-0.05, 0) is 50.7 Å². The molecule has 1 aromatic rings. The molecule has 2 aliphatic heterocycles. The summed E-state index contributed by atoms with van der Waals surface area (Å²) in [4.78, 5) is 23.8. The highest BCUT2D eigenvalue weighted by Gasteiger charge is 2.33. The van der Waals surface area contributed by atoms with Crippen LogP contribution in [0.2, 0.25) is 0 Å². The molecule has 0 aliphatic carbocycles. The van der Waals surface area contributed by atoms with Crippen LogP contribution < -0.4 is 10.6 Å². The molecule has 0 aromatic heterocycles. The average Bonchev–Trinajstić information content (AvgIpc) is 3.32. The maximum Gasteiger partial charge on any atom is 0.323 e. The van der Waals surface area contributed by atoms with E-state index in [-0.39, 0.29) is 36.1 Å². The Morgan fingerprint density at radius 3 is 1.77 bits per heavy atom. The van der Waals surface area contributed by atoms with Crippen LogP contribution in [0.25, 0.3) is 0 Å². The van der Waals surface area contributed by atoms with Gasteiger partial charge in [0.2, 0.25) is 0 Å². The lowest BCUT2D eigenvalue weighted by atomic mass is 9.98. The van der Waals surface area contributed by atoms with Gasteiger partial charge in [0, 0.05) is 12.1 Å². The quantitative estimate of drug-likeness (QED) is 0.759. The van der Waals surface area contributed by atoms with Gasteiger partial charge in [0.15, 0.2) is 0 Å². The second-order valence-corrected chi connectivity index (χ2v) is 6.87. The van der Waals surface area contributed by atoms with Crippen molar-refractivity contribution in [3.05, 3.63) is 35.4 Å². The first kappa shape index (κ1) is 18.9. The number of hydrogen-bond acceptors (Lipinski definition) is 6. The van der Waals surface area contributed by atoms with E-state index >= 15 is 0 Å². The molecule has 2 aliphatic rings. The first-order valence-electron chi connectivity index (χ1n) is 9.57. The Hall–Kier alpha value is -1.92. The van der Waals surface area contributed by atoms with Crippen LogP contribution in [0.1, 0.15) is 62.7 Å². The fraction of sp³-hybridized carbons (Fsp3) is 0.600. The van der Waals surface area contributed by atoms with Crippen molar-refractivity contribution in [2.24, 2.45) is 0 Å². The van der Waals surface area contributed by atoms with Gasteiger partial charge in [0.1, 0.15) is 12.1 Å². The third kappa shape index (κ3) is 4.24. The molecule has 2 N–H and O–H groups in total. The zero-order chi connectivity index (χ0) is 18.5. The predicted molar refractivity (Wildman–Crippen MR) is 97.5 cm³/mol. The van der Waals surface area contributed by atoms with Crippen LogP contribution in [0.15, 0.2) is 24.3 Å². The average molecular weight is 360 g/mol. The molecule has 2 fully saturated rings. The maximum absolute atomic E-state index is 11.9. The maximum atomic E-state index is 11.9. The van der Waals surface area contributed by atoms with Gasteiger partial charge in [-0.1, -0.05) is 24.3 Å². The van der Waals surface area contributed by atoms with Gasteiger partial charge in [-0.15, -0.1) is 0 Å². The summed E-state index contributed by atoms with van der Waals surface area (Å²) in [5.41, 5.74) is 2.35. The second-order valence-electron chi connectivity index (χ2n) is 6.87. The zero-order valence-electron chi connectivity index (χ0n) is 15.5. The first-order valence-corrected chi connectivity index (χ1v) is 9.57. The van der Waals surface area contributed by atoms with Crippen molar-refractivity contribution in [1.29, 1.82) is 0 Å². The monoisotopic (exact) mass is 360 g/mol. The number of carbonyl (C=O) groups is 2. The third-order valence-corrected chi connectivity index (χ3v) is 5.15. The van der Waals surface area contributed by atoms with E-state index in [2.05, 4.69) is 28.8 Å². The number of hydrogen-bond donors (Lipinski definition) is 2. The minimum absolute atomic E-state index is 0.159. The zero-order valence-corrected chi connectivity index (χ0v) is 15.5. The summed E-state index contributed by atoms with van der Waals surface area (Å²) in [7, 11) is 0. The first-order chi connectivity index (χ1) is 12.6. The number of ether oxygens (including phenoxy) is 2. The summed E-state index contributed by atoms with van der Waals surface area (Å²) in [6, 6.07) is 8.28. The van der Waals surface area contributed by atoms with Crippen LogP contribution >= 0.6 is 0 Å². The molecule has 142 valence electrons. The third-order valence-electron chi connectivity index (χ3n) is 5.15. The summed E-state index contributed by atoms with van der Waals surface area (Å²) in [6.45, 7) is 4.47. The predicted octanol–water partition coefficient (Wildman–Crippen LogP) is 2.40. The van der Waals surface area contributed by atoms with Gasteiger partial charge in [-0.25, -0.2) is 0 Å². The lowest BCUT2D eigenvalue weighted by Crippen LogP contribution is -2.34. The van der Waals surface area contributed by atoms with Crippen LogP contribution in [0.4, 0.5) is 0 Å². The van der Waals surface area contributed by atoms with Crippen molar-refractivity contribution in [3.8, 4) is 0 Å². The molecule has 3 rings (SSSR count). The Morgan fingerprint density at radius 1 is 0.885 bits per heavy atom. The number of carbonyl (C=O) groups excluding carboxylic acids is 2. The van der Waals surface area contributed by atoms with E-state index in [1.54, 1.807) is 0 Å². The van der Waals surface area contributed by atoms with Gasteiger partial charge in [0.05, 0.1) is 13.2 Å². The normalized spacial score (nSPS) is 28.1. The van der Waals surface area contributed by atoms with Crippen LogP contribution in [0.3, 0.4) is 0 Å². The minimum Gasteiger partial charge on any atom is -0.465 e. The number of rotatable bonds is 6. The molecule has 0 radical (unpaired) electrons. The standard InChI is InChI=1S/C20H28N2O4/c1-3-25-19(23)17-10-8-15(21-17)13-6-5-7-14(12-13)16-9-11-18(22-16)20(24)26-4-2/h5-7,12,15-18,21-22H,3-4,8-11H2,1-2H3. The SMILES string of the molecule is CCOC(=O)C1CCC(c2cccc(C3CCC(C(=O)OCC)N3)c2)N1. The minimum atomic E-state index is -0.221. The molecule has 4 atom stereocenters. The molecule has 6 nitrogen and oxygen atoms in total. The molecular formula is C20H28N2O4. The molecule has 2 heterocycles. The van der Waals surface area contributed by atoms with Crippen LogP contribution in [0, 0.1) is 0 Å². The van der Waals surface area contributed by atoms with E-state index in [4.69, 9.17) is 9.47 Å². The van der Waals surface area contributed by atoms with Gasteiger partial charge in [0.25, 0.3) is 0 Å². The van der Waals surface area contributed by atoms with Crippen molar-refractivity contribution < 1.29 is 19.1 Å². The van der Waals surface area contributed by atoms with Crippen molar-refractivity contribution in [3.63, 3.8) is 0 Å². The molecule has 4 unspecified atom stereocenters. The van der Waals surface area contributed by atoms with Gasteiger partial charge in [-0.3, -0.25) is 20.2 Å². The Bertz CT molecular complexity index is 597. The summed E-state index contributed by atoms with van der Waals surface area (Å²) in [5, 5.41) is 6.77. The summed E-state index contributed by atoms with van der Waals surface area (Å²) in [5.74, 6) is -0.332. The fourth-order valence-corrected chi connectivity index (χ4v) is 3.86. The fourth-order valence-electron chi connectivity index (χ4n) is 3.86. The Labute approximate surface area is 154 Å². The van der Waals surface area contributed by atoms with Crippen LogP contribution in [0.5, 0.6) is 0 Å². The van der Waals surface area contributed by atoms with Crippen molar-refractivity contribution in [1.82, 2.24) is 10.6 Å². The van der Waals surface area contributed by atoms with Crippen molar-refractivity contribution in [2.45, 2.75) is 63.7 Å². The topological polar surface area (TPSA) is 76.7 Å². The summed E-state index contributed by atoms with van der Waals surface area (Å²) < 4.78 is 10.2. The van der Waals surface area contributed by atoms with Gasteiger partial charge >= 0.3 is 11.9 Å². The number of nitrogens with one attached hydrogen (secondary N) is 2. The second kappa shape index (κ2) is 8.64. The molecular weight excluding hydrogens is 332 g/mol. The van der Waals surface area contributed by atoms with E-state index in [0.717, 1.165) is 25.7 Å². The van der Waals surface area contributed by atoms with Crippen molar-refractivity contribution in [2.75, 3.05) is 13.2 Å². The van der Waals surface area contributed by atoms with E-state index in [1.165, 1.54) is 11.1 Å². The summed E-state index contributed by atoms with van der Waals surface area (Å²) in [6.07, 6.45) is 3.41. The Balaban J connectivity index is 1.63. The summed E-state index contributed by atoms with van der Waals surface area (Å²) >= 11 is 0. The largest absolute Gasteiger partial charge is 0.465 e. The van der Waals surface area contributed by atoms with Crippen LogP contribution in [-0.4, -0.2) is 37.2 Å². The van der Waals surface area contributed by atoms with Crippen molar-refractivity contribution >= 4 is 11.9 Å². The molecule has 0 amide bonds. The lowest BCUT2D eigenvalue weighted by molar-refractivity contribution is -0.146. The highest BCUT2D eigenvalue weighted by molar-refractivity contribution is 5.76. The Morgan fingerprint density at radius 2 is 1.35 bits per heavy atom. The van der Waals surface area contributed by atoms with Gasteiger partial charge < -0.3 is 9.47 Å². The molecule has 2 saturated heterocycles. The number of esters is 2. The number of benzene rings is 1. The Kier molecular flexibility index (Phi) is 6.27. The highest BCUT2D eigenvalue weighted by atomic mass is 16.5. The highest BCUT2D eigenvalue weighted by Crippen LogP contribution is 2.32. The van der Waals surface area contributed by atoms with E-state index in [0.29, 0.717) is 13.2 Å². The van der Waals surface area contributed by atoms with E-state index < -0.39 is 0 Å². The van der Waals surface area contributed by atoms with Gasteiger partial charge in [-0.2, -0.15) is 0 Å². The molecule has 1 aromatic carbocycles. The molecule has 26 heavy (non-hydrogen) atoms. The van der Waals surface area contributed by atoms with E-state index in [1.807, 2.05) is 19.9 Å². The van der Waals surface area contributed by atoms with E-state index in [9.17, 15) is 9.59 Å². The lowest BCUT2D eigenvalue weighted by Gasteiger charge is -2.18. The molecule has 0 spiro atoms. The smallest absolute Gasteiger partial charge is 0.323 e. The molecule has 0 saturated carbocycles.